The minimum absolute atomic E-state index is 0.0720. The van der Waals surface area contributed by atoms with Crippen molar-refractivity contribution in [3.8, 4) is 0 Å². The lowest BCUT2D eigenvalue weighted by Gasteiger charge is -2.31. The van der Waals surface area contributed by atoms with Crippen molar-refractivity contribution < 1.29 is 4.79 Å². The van der Waals surface area contributed by atoms with E-state index in [0.29, 0.717) is 17.1 Å². The van der Waals surface area contributed by atoms with E-state index < -0.39 is 0 Å². The molecule has 2 rings (SSSR count). The van der Waals surface area contributed by atoms with E-state index in [-0.39, 0.29) is 5.91 Å². The van der Waals surface area contributed by atoms with Gasteiger partial charge in [0.1, 0.15) is 0 Å². The fourth-order valence-corrected chi connectivity index (χ4v) is 3.78. The molecular formula is C14H24N4OS. The van der Waals surface area contributed by atoms with E-state index in [4.69, 9.17) is 5.73 Å². The quantitative estimate of drug-likeness (QED) is 0.843. The number of nitrogens with zero attached hydrogens (tertiary/aromatic N) is 2. The number of anilines is 1. The van der Waals surface area contributed by atoms with Crippen LogP contribution >= 0.6 is 11.3 Å². The highest BCUT2D eigenvalue weighted by Gasteiger charge is 2.30. The molecule has 1 aromatic heterocycles. The molecule has 5 nitrogen and oxygen atoms in total. The van der Waals surface area contributed by atoms with E-state index in [9.17, 15) is 4.79 Å². The van der Waals surface area contributed by atoms with Crippen LogP contribution in [0, 0.1) is 5.92 Å². The summed E-state index contributed by atoms with van der Waals surface area (Å²) in [6.45, 7) is 6.31. The standard InChI is InChI=1S/C14H24N4OS/c1-3-18(13-6-4-5-11(13)7-15)8-12-9-20-14(17-12)16-10(2)19/h9,11,13H,3-8,15H2,1-2H3,(H,16,17,19). The SMILES string of the molecule is CCN(Cc1csc(NC(C)=O)n1)C1CCCC1CN. The molecule has 0 saturated heterocycles. The molecule has 0 aromatic carbocycles. The van der Waals surface area contributed by atoms with Crippen molar-refractivity contribution >= 4 is 22.4 Å². The Bertz CT molecular complexity index is 448. The van der Waals surface area contributed by atoms with E-state index in [1.54, 1.807) is 0 Å². The van der Waals surface area contributed by atoms with Crippen LogP contribution in [0.5, 0.6) is 0 Å². The summed E-state index contributed by atoms with van der Waals surface area (Å²) < 4.78 is 0. The first kappa shape index (κ1) is 15.4. The molecule has 0 radical (unpaired) electrons. The molecule has 0 spiro atoms. The van der Waals surface area contributed by atoms with Crippen LogP contribution in [0.3, 0.4) is 0 Å². The summed E-state index contributed by atoms with van der Waals surface area (Å²) in [6, 6.07) is 0.580. The fraction of sp³-hybridized carbons (Fsp3) is 0.714. The number of carbonyl (C=O) groups is 1. The molecule has 2 atom stereocenters. The zero-order valence-electron chi connectivity index (χ0n) is 12.3. The van der Waals surface area contributed by atoms with Gasteiger partial charge in [-0.1, -0.05) is 13.3 Å². The monoisotopic (exact) mass is 296 g/mol. The smallest absolute Gasteiger partial charge is 0.223 e. The molecule has 3 N–H and O–H groups in total. The van der Waals surface area contributed by atoms with Gasteiger partial charge in [0.05, 0.1) is 5.69 Å². The Morgan fingerprint density at radius 2 is 2.40 bits per heavy atom. The largest absolute Gasteiger partial charge is 0.330 e. The molecule has 1 aliphatic rings. The number of hydrogen-bond donors (Lipinski definition) is 2. The Labute approximate surface area is 124 Å². The van der Waals surface area contributed by atoms with Gasteiger partial charge in [0, 0.05) is 24.9 Å². The lowest BCUT2D eigenvalue weighted by molar-refractivity contribution is -0.114. The minimum atomic E-state index is -0.0720. The van der Waals surface area contributed by atoms with Crippen molar-refractivity contribution in [2.24, 2.45) is 11.7 Å². The van der Waals surface area contributed by atoms with Crippen LogP contribution < -0.4 is 11.1 Å². The first-order chi connectivity index (χ1) is 9.63. The Morgan fingerprint density at radius 1 is 1.60 bits per heavy atom. The van der Waals surface area contributed by atoms with Gasteiger partial charge in [-0.25, -0.2) is 4.98 Å². The first-order valence-electron chi connectivity index (χ1n) is 7.30. The Morgan fingerprint density at radius 3 is 3.05 bits per heavy atom. The van der Waals surface area contributed by atoms with Gasteiger partial charge in [0.2, 0.25) is 5.91 Å². The van der Waals surface area contributed by atoms with Crippen molar-refractivity contribution in [2.75, 3.05) is 18.4 Å². The van der Waals surface area contributed by atoms with Crippen molar-refractivity contribution in [3.63, 3.8) is 0 Å². The maximum absolute atomic E-state index is 11.0. The molecule has 1 fully saturated rings. The summed E-state index contributed by atoms with van der Waals surface area (Å²) in [6.07, 6.45) is 3.75. The van der Waals surface area contributed by atoms with Gasteiger partial charge in [-0.2, -0.15) is 0 Å². The van der Waals surface area contributed by atoms with E-state index in [1.165, 1.54) is 37.5 Å². The molecule has 0 aliphatic heterocycles. The molecule has 2 unspecified atom stereocenters. The van der Waals surface area contributed by atoms with Gasteiger partial charge >= 0.3 is 0 Å². The number of rotatable bonds is 6. The highest BCUT2D eigenvalue weighted by atomic mass is 32.1. The Hall–Kier alpha value is -0.980. The number of nitrogens with two attached hydrogens (primary N) is 1. The van der Waals surface area contributed by atoms with Crippen molar-refractivity contribution in [1.29, 1.82) is 0 Å². The Balaban J connectivity index is 1.99. The number of nitrogens with one attached hydrogen (secondary N) is 1. The van der Waals surface area contributed by atoms with Crippen LogP contribution in [0.1, 0.15) is 38.8 Å². The van der Waals surface area contributed by atoms with Gasteiger partial charge in [0.25, 0.3) is 0 Å². The summed E-state index contributed by atoms with van der Waals surface area (Å²) >= 11 is 1.49. The zero-order chi connectivity index (χ0) is 14.5. The van der Waals surface area contributed by atoms with Crippen molar-refractivity contribution in [1.82, 2.24) is 9.88 Å². The summed E-state index contributed by atoms with van der Waals surface area (Å²) in [7, 11) is 0. The minimum Gasteiger partial charge on any atom is -0.330 e. The second-order valence-electron chi connectivity index (χ2n) is 5.38. The highest BCUT2D eigenvalue weighted by Crippen LogP contribution is 2.30. The van der Waals surface area contributed by atoms with Crippen molar-refractivity contribution in [3.05, 3.63) is 11.1 Å². The summed E-state index contributed by atoms with van der Waals surface area (Å²) in [5.41, 5.74) is 6.91. The number of carbonyl (C=O) groups excluding carboxylic acids is 1. The molecule has 1 heterocycles. The second-order valence-corrected chi connectivity index (χ2v) is 6.24. The van der Waals surface area contributed by atoms with E-state index in [0.717, 1.165) is 25.3 Å². The summed E-state index contributed by atoms with van der Waals surface area (Å²) in [4.78, 5) is 18.0. The lowest BCUT2D eigenvalue weighted by atomic mass is 10.0. The third kappa shape index (κ3) is 3.77. The lowest BCUT2D eigenvalue weighted by Crippen LogP contribution is -2.39. The molecule has 1 saturated carbocycles. The molecule has 0 bridgehead atoms. The number of thiazole rings is 1. The van der Waals surface area contributed by atoms with E-state index in [2.05, 4.69) is 22.1 Å². The molecule has 1 amide bonds. The highest BCUT2D eigenvalue weighted by molar-refractivity contribution is 7.13. The average Bonchev–Trinajstić information content (AvgIpc) is 3.03. The fourth-order valence-electron chi connectivity index (χ4n) is 3.03. The van der Waals surface area contributed by atoms with Gasteiger partial charge in [-0.05, 0) is 31.8 Å². The van der Waals surface area contributed by atoms with Crippen LogP contribution in [-0.2, 0) is 11.3 Å². The van der Waals surface area contributed by atoms with Gasteiger partial charge in [0.15, 0.2) is 5.13 Å². The van der Waals surface area contributed by atoms with Crippen molar-refractivity contribution in [2.45, 2.75) is 45.7 Å². The maximum atomic E-state index is 11.0. The zero-order valence-corrected chi connectivity index (χ0v) is 13.1. The maximum Gasteiger partial charge on any atom is 0.223 e. The third-order valence-electron chi connectivity index (χ3n) is 4.00. The number of amides is 1. The normalized spacial score (nSPS) is 22.4. The van der Waals surface area contributed by atoms with Crippen LogP contribution in [0.4, 0.5) is 5.13 Å². The summed E-state index contributed by atoms with van der Waals surface area (Å²) in [5.74, 6) is 0.542. The van der Waals surface area contributed by atoms with Gasteiger partial charge < -0.3 is 11.1 Å². The molecule has 20 heavy (non-hydrogen) atoms. The van der Waals surface area contributed by atoms with Gasteiger partial charge in [-0.3, -0.25) is 9.69 Å². The first-order valence-corrected chi connectivity index (χ1v) is 8.18. The average molecular weight is 296 g/mol. The predicted molar refractivity (Wildman–Crippen MR) is 82.7 cm³/mol. The van der Waals surface area contributed by atoms with Crippen LogP contribution in [0.2, 0.25) is 0 Å². The molecule has 6 heteroatoms. The Kier molecular flexibility index (Phi) is 5.51. The molecule has 1 aliphatic carbocycles. The summed E-state index contributed by atoms with van der Waals surface area (Å²) in [5, 5.41) is 5.45. The molecular weight excluding hydrogens is 272 g/mol. The van der Waals surface area contributed by atoms with Crippen LogP contribution in [0.25, 0.3) is 0 Å². The second kappa shape index (κ2) is 7.15. The number of hydrogen-bond acceptors (Lipinski definition) is 5. The molecule has 1 aromatic rings. The third-order valence-corrected chi connectivity index (χ3v) is 4.80. The van der Waals surface area contributed by atoms with E-state index >= 15 is 0 Å². The van der Waals surface area contributed by atoms with Crippen LogP contribution in [0.15, 0.2) is 5.38 Å². The number of aromatic nitrogens is 1. The topological polar surface area (TPSA) is 71.2 Å². The molecule has 112 valence electrons. The predicted octanol–water partition coefficient (Wildman–Crippen LogP) is 2.05. The van der Waals surface area contributed by atoms with E-state index in [1.807, 2.05) is 5.38 Å². The van der Waals surface area contributed by atoms with Gasteiger partial charge in [-0.15, -0.1) is 11.3 Å². The van der Waals surface area contributed by atoms with Crippen LogP contribution in [-0.4, -0.2) is 34.9 Å².